The molecule has 0 aliphatic carbocycles. The first-order chi connectivity index (χ1) is 9.53. The lowest BCUT2D eigenvalue weighted by Gasteiger charge is -2.13. The van der Waals surface area contributed by atoms with Gasteiger partial charge in [-0.05, 0) is 44.0 Å². The zero-order chi connectivity index (χ0) is 14.7. The van der Waals surface area contributed by atoms with Gasteiger partial charge >= 0.3 is 0 Å². The van der Waals surface area contributed by atoms with Crippen LogP contribution in [-0.2, 0) is 6.42 Å². The molecule has 0 unspecified atom stereocenters. The molecule has 106 valence electrons. The average molecular weight is 271 g/mol. The maximum Gasteiger partial charge on any atom is 0.227 e. The number of ether oxygens (including phenoxy) is 1. The predicted octanol–water partition coefficient (Wildman–Crippen LogP) is 3.80. The molecule has 2 aromatic rings. The van der Waals surface area contributed by atoms with Gasteiger partial charge in [0.1, 0.15) is 17.4 Å². The Morgan fingerprint density at radius 1 is 1.05 bits per heavy atom. The third-order valence-electron chi connectivity index (χ3n) is 3.11. The van der Waals surface area contributed by atoms with Gasteiger partial charge in [-0.25, -0.2) is 4.98 Å². The van der Waals surface area contributed by atoms with Crippen LogP contribution in [0.4, 0.5) is 5.82 Å². The third kappa shape index (κ3) is 3.07. The minimum atomic E-state index is 0.617. The SMILES string of the molecule is CCc1nc(NC)c(C)c(Oc2cc(C)cc(C)c2)n1. The summed E-state index contributed by atoms with van der Waals surface area (Å²) in [6, 6.07) is 6.15. The van der Waals surface area contributed by atoms with Crippen LogP contribution < -0.4 is 10.1 Å². The summed E-state index contributed by atoms with van der Waals surface area (Å²) in [7, 11) is 1.86. The number of rotatable bonds is 4. The van der Waals surface area contributed by atoms with E-state index in [2.05, 4.69) is 35.2 Å². The predicted molar refractivity (Wildman–Crippen MR) is 81.7 cm³/mol. The Kier molecular flexibility index (Phi) is 4.23. The van der Waals surface area contributed by atoms with Crippen LogP contribution in [0.2, 0.25) is 0 Å². The molecule has 4 heteroatoms. The molecular formula is C16H21N3O. The summed E-state index contributed by atoms with van der Waals surface area (Å²) < 4.78 is 5.96. The summed E-state index contributed by atoms with van der Waals surface area (Å²) in [6.07, 6.45) is 0.776. The second kappa shape index (κ2) is 5.90. The molecule has 0 spiro atoms. The van der Waals surface area contributed by atoms with Crippen molar-refractivity contribution in [3.05, 3.63) is 40.7 Å². The van der Waals surface area contributed by atoms with Crippen LogP contribution in [-0.4, -0.2) is 17.0 Å². The number of aryl methyl sites for hydroxylation is 3. The maximum atomic E-state index is 5.96. The molecule has 1 aromatic carbocycles. The molecule has 20 heavy (non-hydrogen) atoms. The average Bonchev–Trinajstić information content (AvgIpc) is 2.40. The fourth-order valence-corrected chi connectivity index (χ4v) is 2.14. The summed E-state index contributed by atoms with van der Waals surface area (Å²) in [6.45, 7) is 8.11. The number of nitrogens with one attached hydrogen (secondary N) is 1. The van der Waals surface area contributed by atoms with Gasteiger partial charge in [0.05, 0.1) is 5.56 Å². The molecule has 2 rings (SSSR count). The van der Waals surface area contributed by atoms with Crippen LogP contribution in [0.3, 0.4) is 0 Å². The van der Waals surface area contributed by atoms with Crippen molar-refractivity contribution in [1.82, 2.24) is 9.97 Å². The van der Waals surface area contributed by atoms with Crippen molar-refractivity contribution in [2.75, 3.05) is 12.4 Å². The summed E-state index contributed by atoms with van der Waals surface area (Å²) in [4.78, 5) is 8.93. The Morgan fingerprint density at radius 2 is 1.70 bits per heavy atom. The fourth-order valence-electron chi connectivity index (χ4n) is 2.14. The highest BCUT2D eigenvalue weighted by Gasteiger charge is 2.11. The second-order valence-electron chi connectivity index (χ2n) is 4.95. The van der Waals surface area contributed by atoms with E-state index in [9.17, 15) is 0 Å². The van der Waals surface area contributed by atoms with Crippen molar-refractivity contribution in [2.24, 2.45) is 0 Å². The molecule has 0 bridgehead atoms. The van der Waals surface area contributed by atoms with E-state index in [4.69, 9.17) is 4.74 Å². The zero-order valence-corrected chi connectivity index (χ0v) is 12.7. The van der Waals surface area contributed by atoms with Crippen LogP contribution in [0.15, 0.2) is 18.2 Å². The van der Waals surface area contributed by atoms with E-state index in [-0.39, 0.29) is 0 Å². The summed E-state index contributed by atoms with van der Waals surface area (Å²) in [5, 5.41) is 3.09. The first kappa shape index (κ1) is 14.3. The maximum absolute atomic E-state index is 5.96. The third-order valence-corrected chi connectivity index (χ3v) is 3.11. The molecule has 0 radical (unpaired) electrons. The fraction of sp³-hybridized carbons (Fsp3) is 0.375. The smallest absolute Gasteiger partial charge is 0.227 e. The highest BCUT2D eigenvalue weighted by Crippen LogP contribution is 2.28. The van der Waals surface area contributed by atoms with Gasteiger partial charge in [-0.15, -0.1) is 0 Å². The Labute approximate surface area is 120 Å². The molecule has 0 saturated carbocycles. The molecule has 0 saturated heterocycles. The first-order valence-electron chi connectivity index (χ1n) is 6.85. The molecule has 4 nitrogen and oxygen atoms in total. The van der Waals surface area contributed by atoms with Gasteiger partial charge in [-0.2, -0.15) is 4.98 Å². The Balaban J connectivity index is 2.41. The number of hydrogen-bond donors (Lipinski definition) is 1. The molecule has 0 atom stereocenters. The van der Waals surface area contributed by atoms with Crippen molar-refractivity contribution >= 4 is 5.82 Å². The number of hydrogen-bond acceptors (Lipinski definition) is 4. The minimum Gasteiger partial charge on any atom is -0.439 e. The number of aromatic nitrogens is 2. The van der Waals surface area contributed by atoms with Gasteiger partial charge in [0.15, 0.2) is 0 Å². The molecule has 0 fully saturated rings. The summed E-state index contributed by atoms with van der Waals surface area (Å²) >= 11 is 0. The standard InChI is InChI=1S/C16H21N3O/c1-6-14-18-15(17-5)12(4)16(19-14)20-13-8-10(2)7-11(3)9-13/h7-9H,6H2,1-5H3,(H,17,18,19). The quantitative estimate of drug-likeness (QED) is 0.918. The number of anilines is 1. The van der Waals surface area contributed by atoms with Crippen LogP contribution in [0.5, 0.6) is 11.6 Å². The van der Waals surface area contributed by atoms with E-state index < -0.39 is 0 Å². The topological polar surface area (TPSA) is 47.0 Å². The zero-order valence-electron chi connectivity index (χ0n) is 12.7. The van der Waals surface area contributed by atoms with Crippen molar-refractivity contribution in [3.63, 3.8) is 0 Å². The summed E-state index contributed by atoms with van der Waals surface area (Å²) in [5.41, 5.74) is 3.27. The van der Waals surface area contributed by atoms with E-state index >= 15 is 0 Å². The van der Waals surface area contributed by atoms with Crippen LogP contribution in [0.25, 0.3) is 0 Å². The van der Waals surface area contributed by atoms with Gasteiger partial charge in [0.25, 0.3) is 0 Å². The molecule has 1 heterocycles. The summed E-state index contributed by atoms with van der Waals surface area (Å²) in [5.74, 6) is 3.02. The van der Waals surface area contributed by atoms with E-state index in [0.29, 0.717) is 5.88 Å². The molecule has 1 N–H and O–H groups in total. The van der Waals surface area contributed by atoms with Crippen molar-refractivity contribution < 1.29 is 4.74 Å². The number of benzene rings is 1. The molecule has 0 aliphatic heterocycles. The van der Waals surface area contributed by atoms with E-state index in [0.717, 1.165) is 29.4 Å². The first-order valence-corrected chi connectivity index (χ1v) is 6.85. The van der Waals surface area contributed by atoms with Crippen LogP contribution in [0.1, 0.15) is 29.4 Å². The lowest BCUT2D eigenvalue weighted by Crippen LogP contribution is -2.04. The van der Waals surface area contributed by atoms with Gasteiger partial charge in [0, 0.05) is 13.5 Å². The van der Waals surface area contributed by atoms with Crippen LogP contribution >= 0.6 is 0 Å². The normalized spacial score (nSPS) is 10.4. The molecule has 0 aliphatic rings. The second-order valence-corrected chi connectivity index (χ2v) is 4.95. The van der Waals surface area contributed by atoms with Gasteiger partial charge in [-0.3, -0.25) is 0 Å². The molecular weight excluding hydrogens is 250 g/mol. The highest BCUT2D eigenvalue weighted by atomic mass is 16.5. The highest BCUT2D eigenvalue weighted by molar-refractivity contribution is 5.49. The monoisotopic (exact) mass is 271 g/mol. The van der Waals surface area contributed by atoms with Gasteiger partial charge in [0.2, 0.25) is 5.88 Å². The van der Waals surface area contributed by atoms with E-state index in [1.807, 2.05) is 33.0 Å². The lowest BCUT2D eigenvalue weighted by atomic mass is 10.1. The molecule has 1 aromatic heterocycles. The minimum absolute atomic E-state index is 0.617. The van der Waals surface area contributed by atoms with Gasteiger partial charge < -0.3 is 10.1 Å². The van der Waals surface area contributed by atoms with Gasteiger partial charge in [-0.1, -0.05) is 13.0 Å². The Bertz CT molecular complexity index is 603. The van der Waals surface area contributed by atoms with E-state index in [1.54, 1.807) is 0 Å². The van der Waals surface area contributed by atoms with E-state index in [1.165, 1.54) is 11.1 Å². The van der Waals surface area contributed by atoms with Crippen molar-refractivity contribution in [2.45, 2.75) is 34.1 Å². The lowest BCUT2D eigenvalue weighted by molar-refractivity contribution is 0.454. The molecule has 0 amide bonds. The Morgan fingerprint density at radius 3 is 2.25 bits per heavy atom. The van der Waals surface area contributed by atoms with Crippen molar-refractivity contribution in [3.8, 4) is 11.6 Å². The van der Waals surface area contributed by atoms with Crippen molar-refractivity contribution in [1.29, 1.82) is 0 Å². The largest absolute Gasteiger partial charge is 0.439 e. The van der Waals surface area contributed by atoms with Crippen LogP contribution in [0, 0.1) is 20.8 Å². The Hall–Kier alpha value is -2.10. The number of nitrogens with zero attached hydrogens (tertiary/aromatic N) is 2.